The third kappa shape index (κ3) is 9.22. The van der Waals surface area contributed by atoms with Crippen molar-refractivity contribution < 1.29 is 19.8 Å². The molecule has 2 rings (SSSR count). The van der Waals surface area contributed by atoms with E-state index in [0.29, 0.717) is 25.7 Å². The molecule has 1 heterocycles. The number of hydrogen-bond acceptors (Lipinski definition) is 5. The summed E-state index contributed by atoms with van der Waals surface area (Å²) < 4.78 is 0. The van der Waals surface area contributed by atoms with Crippen molar-refractivity contribution in [2.45, 2.75) is 72.6 Å². The lowest BCUT2D eigenvalue weighted by atomic mass is 9.85. The van der Waals surface area contributed by atoms with E-state index in [1.807, 2.05) is 26.0 Å². The predicted octanol–water partition coefficient (Wildman–Crippen LogP) is 5.57. The van der Waals surface area contributed by atoms with Gasteiger partial charge in [-0.3, -0.25) is 14.4 Å². The SMILES string of the molecule is CC(C)(CO)CCCc1cc(=O)cc(/C=C\C2=CC(=O)C=C(CCCC(C)(C)C(=O)O)C2)s1. The number of aliphatic hydroxyl groups excluding tert-OH is 1. The van der Waals surface area contributed by atoms with E-state index in [-0.39, 0.29) is 23.2 Å². The molecule has 0 aliphatic heterocycles. The molecule has 1 aliphatic rings. The Morgan fingerprint density at radius 2 is 1.73 bits per heavy atom. The minimum atomic E-state index is -0.807. The summed E-state index contributed by atoms with van der Waals surface area (Å²) in [6.45, 7) is 7.65. The molecule has 2 N–H and O–H groups in total. The van der Waals surface area contributed by atoms with E-state index in [1.54, 1.807) is 49.5 Å². The van der Waals surface area contributed by atoms with Gasteiger partial charge in [-0.1, -0.05) is 25.5 Å². The second kappa shape index (κ2) is 11.7. The van der Waals surface area contributed by atoms with Crippen LogP contribution in [0.3, 0.4) is 0 Å². The maximum atomic E-state index is 12.1. The predicted molar refractivity (Wildman–Crippen MR) is 134 cm³/mol. The minimum Gasteiger partial charge on any atom is -0.481 e. The molecular formula is C27H36O5S. The van der Waals surface area contributed by atoms with Crippen LogP contribution in [0, 0.1) is 10.8 Å². The normalized spacial score (nSPS) is 15.0. The molecule has 180 valence electrons. The fraction of sp³-hybridized carbons (Fsp3) is 0.519. The van der Waals surface area contributed by atoms with Crippen molar-refractivity contribution in [1.82, 2.24) is 0 Å². The Morgan fingerprint density at radius 3 is 2.39 bits per heavy atom. The molecule has 0 atom stereocenters. The second-order valence-electron chi connectivity index (χ2n) is 10.3. The topological polar surface area (TPSA) is 91.7 Å². The fourth-order valence-electron chi connectivity index (χ4n) is 3.69. The monoisotopic (exact) mass is 472 g/mol. The first-order valence-electron chi connectivity index (χ1n) is 11.5. The Bertz CT molecular complexity index is 1010. The summed E-state index contributed by atoms with van der Waals surface area (Å²) in [5.74, 6) is -0.861. The van der Waals surface area contributed by atoms with Crippen LogP contribution in [0.15, 0.2) is 46.3 Å². The molecule has 6 heteroatoms. The maximum Gasteiger partial charge on any atom is 0.309 e. The van der Waals surface area contributed by atoms with E-state index in [1.165, 1.54) is 0 Å². The third-order valence-electron chi connectivity index (χ3n) is 5.99. The number of allylic oxidation sites excluding steroid dienone is 5. The highest BCUT2D eigenvalue weighted by Gasteiger charge is 2.26. The molecular weight excluding hydrogens is 436 g/mol. The van der Waals surface area contributed by atoms with Crippen molar-refractivity contribution in [3.63, 3.8) is 0 Å². The van der Waals surface area contributed by atoms with Crippen LogP contribution in [0.25, 0.3) is 6.08 Å². The first-order valence-corrected chi connectivity index (χ1v) is 12.3. The average molecular weight is 473 g/mol. The molecule has 0 radical (unpaired) electrons. The van der Waals surface area contributed by atoms with Gasteiger partial charge >= 0.3 is 5.97 Å². The van der Waals surface area contributed by atoms with Gasteiger partial charge in [0.05, 0.1) is 5.41 Å². The van der Waals surface area contributed by atoms with E-state index >= 15 is 0 Å². The Kier molecular flexibility index (Phi) is 9.56. The number of carboxylic acids is 1. The van der Waals surface area contributed by atoms with E-state index in [0.717, 1.165) is 40.2 Å². The van der Waals surface area contributed by atoms with Crippen LogP contribution >= 0.6 is 11.3 Å². The van der Waals surface area contributed by atoms with Crippen molar-refractivity contribution in [3.05, 3.63) is 61.5 Å². The standard InChI is InChI=1S/C27H36O5S/c1-26(2,18-28)11-6-8-23-16-22(30)17-24(33-23)10-9-20-13-19(14-21(29)15-20)7-5-12-27(3,4)25(31)32/h9-10,14-17,28H,5-8,11-13,18H2,1-4H3,(H,31,32)/b10-9-. The van der Waals surface area contributed by atoms with E-state index in [9.17, 15) is 24.6 Å². The Labute approximate surface area is 200 Å². The molecule has 0 aromatic carbocycles. The van der Waals surface area contributed by atoms with Crippen LogP contribution in [0.1, 0.15) is 76.0 Å². The van der Waals surface area contributed by atoms with Gasteiger partial charge in [-0.05, 0) is 94.1 Å². The number of aliphatic carboxylic acids is 1. The first-order chi connectivity index (χ1) is 15.4. The van der Waals surface area contributed by atoms with Crippen molar-refractivity contribution in [3.8, 4) is 0 Å². The van der Waals surface area contributed by atoms with Crippen molar-refractivity contribution in [2.75, 3.05) is 6.61 Å². The summed E-state index contributed by atoms with van der Waals surface area (Å²) in [7, 11) is 0. The van der Waals surface area contributed by atoms with Gasteiger partial charge in [0.1, 0.15) is 0 Å². The number of hydrogen-bond donors (Lipinski definition) is 2. The molecule has 0 bridgehead atoms. The zero-order valence-corrected chi connectivity index (χ0v) is 21.0. The summed E-state index contributed by atoms with van der Waals surface area (Å²) in [6, 6.07) is 3.29. The third-order valence-corrected chi connectivity index (χ3v) is 7.06. The van der Waals surface area contributed by atoms with Crippen molar-refractivity contribution in [1.29, 1.82) is 0 Å². The highest BCUT2D eigenvalue weighted by molar-refractivity contribution is 7.12. The Balaban J connectivity index is 1.98. The quantitative estimate of drug-likeness (QED) is 0.415. The second-order valence-corrected chi connectivity index (χ2v) is 11.5. The smallest absolute Gasteiger partial charge is 0.309 e. The number of aryl methyl sites for hydroxylation is 1. The minimum absolute atomic E-state index is 0.0276. The van der Waals surface area contributed by atoms with Crippen LogP contribution in [-0.2, 0) is 16.0 Å². The van der Waals surface area contributed by atoms with Crippen LogP contribution in [0.2, 0.25) is 0 Å². The Hall–Kier alpha value is -2.31. The van der Waals surface area contributed by atoms with Gasteiger partial charge in [0.2, 0.25) is 0 Å². The van der Waals surface area contributed by atoms with Crippen LogP contribution in [0.5, 0.6) is 0 Å². The summed E-state index contributed by atoms with van der Waals surface area (Å²) in [5, 5.41) is 18.7. The Morgan fingerprint density at radius 1 is 1.03 bits per heavy atom. The van der Waals surface area contributed by atoms with Gasteiger partial charge in [0.25, 0.3) is 0 Å². The molecule has 0 amide bonds. The molecule has 1 aromatic rings. The van der Waals surface area contributed by atoms with Gasteiger partial charge in [0, 0.05) is 22.4 Å². The molecule has 0 fully saturated rings. The van der Waals surface area contributed by atoms with Crippen LogP contribution < -0.4 is 5.43 Å². The van der Waals surface area contributed by atoms with E-state index in [2.05, 4.69) is 0 Å². The molecule has 0 saturated carbocycles. The molecule has 5 nitrogen and oxygen atoms in total. The van der Waals surface area contributed by atoms with Gasteiger partial charge in [-0.2, -0.15) is 0 Å². The lowest BCUT2D eigenvalue weighted by molar-refractivity contribution is -0.147. The number of carboxylic acid groups (broad SMARTS) is 1. The summed E-state index contributed by atoms with van der Waals surface area (Å²) in [4.78, 5) is 37.4. The lowest BCUT2D eigenvalue weighted by Crippen LogP contribution is -2.23. The number of aliphatic hydroxyl groups is 1. The maximum absolute atomic E-state index is 12.1. The van der Waals surface area contributed by atoms with Crippen LogP contribution in [-0.4, -0.2) is 28.6 Å². The van der Waals surface area contributed by atoms with Crippen molar-refractivity contribution in [2.24, 2.45) is 10.8 Å². The lowest BCUT2D eigenvalue weighted by Gasteiger charge is -2.20. The number of carbonyl (C=O) groups excluding carboxylic acids is 1. The van der Waals surface area contributed by atoms with Gasteiger partial charge in [0.15, 0.2) is 11.2 Å². The highest BCUT2D eigenvalue weighted by atomic mass is 32.1. The van der Waals surface area contributed by atoms with E-state index in [4.69, 9.17) is 0 Å². The molecule has 33 heavy (non-hydrogen) atoms. The molecule has 0 saturated heterocycles. The summed E-state index contributed by atoms with van der Waals surface area (Å²) >= 11 is 1.57. The van der Waals surface area contributed by atoms with Gasteiger partial charge < -0.3 is 10.2 Å². The highest BCUT2D eigenvalue weighted by Crippen LogP contribution is 2.29. The zero-order chi connectivity index (χ0) is 24.6. The fourth-order valence-corrected chi connectivity index (χ4v) is 4.72. The van der Waals surface area contributed by atoms with Gasteiger partial charge in [-0.25, -0.2) is 0 Å². The molecule has 1 aromatic heterocycles. The van der Waals surface area contributed by atoms with E-state index < -0.39 is 11.4 Å². The summed E-state index contributed by atoms with van der Waals surface area (Å²) in [5.41, 5.74) is 0.993. The zero-order valence-electron chi connectivity index (χ0n) is 20.1. The van der Waals surface area contributed by atoms with Gasteiger partial charge in [-0.15, -0.1) is 11.3 Å². The summed E-state index contributed by atoms with van der Waals surface area (Å²) in [6.07, 6.45) is 12.3. The number of rotatable bonds is 12. The largest absolute Gasteiger partial charge is 0.481 e. The van der Waals surface area contributed by atoms with Crippen molar-refractivity contribution >= 4 is 29.2 Å². The van der Waals surface area contributed by atoms with Crippen LogP contribution in [0.4, 0.5) is 0 Å². The molecule has 1 aliphatic carbocycles. The first kappa shape index (κ1) is 26.9. The number of carbonyl (C=O) groups is 2. The molecule has 0 unspecified atom stereocenters. The molecule has 0 spiro atoms. The number of ketones is 1. The average Bonchev–Trinajstić information content (AvgIpc) is 2.71.